The number of benzene rings is 1. The number of aromatic nitrogens is 1. The monoisotopic (exact) mass is 239 g/mol. The zero-order chi connectivity index (χ0) is 12.3. The van der Waals surface area contributed by atoms with E-state index >= 15 is 0 Å². The molecule has 0 atom stereocenters. The molecule has 1 aromatic carbocycles. The van der Waals surface area contributed by atoms with Gasteiger partial charge in [0.15, 0.2) is 6.79 Å². The molecule has 0 amide bonds. The van der Waals surface area contributed by atoms with Gasteiger partial charge in [0.2, 0.25) is 5.88 Å². The second-order valence-corrected chi connectivity index (χ2v) is 3.36. The summed E-state index contributed by atoms with van der Waals surface area (Å²) >= 11 is 0. The highest BCUT2D eigenvalue weighted by molar-refractivity contribution is 5.38. The molecule has 0 aliphatic rings. The number of ether oxygens (including phenoxy) is 2. The quantitative estimate of drug-likeness (QED) is 0.766. The Balaban J connectivity index is 2.35. The number of hydrogen-bond donors (Lipinski definition) is 0. The molecule has 2 aromatic rings. The maximum Gasteiger partial charge on any atom is 0.200 e. The summed E-state index contributed by atoms with van der Waals surface area (Å²) in [6.07, 6.45) is 1.63. The number of methoxy groups -OCH3 is 1. The lowest BCUT2D eigenvalue weighted by Crippen LogP contribution is -2.05. The van der Waals surface area contributed by atoms with Gasteiger partial charge in [-0.1, -0.05) is 0 Å². The lowest BCUT2D eigenvalue weighted by Gasteiger charge is -2.10. The van der Waals surface area contributed by atoms with Crippen LogP contribution in [0.3, 0.4) is 0 Å². The molecule has 2 rings (SSSR count). The first-order valence-corrected chi connectivity index (χ1v) is 4.97. The van der Waals surface area contributed by atoms with Crippen LogP contribution in [0.4, 0.5) is 8.78 Å². The number of rotatable bonds is 4. The molecule has 90 valence electrons. The van der Waals surface area contributed by atoms with Crippen LogP contribution in [-0.4, -0.2) is 18.5 Å². The Hall–Kier alpha value is -1.88. The molecule has 3 nitrogen and oxygen atoms in total. The molecule has 0 radical (unpaired) electrons. The summed E-state index contributed by atoms with van der Waals surface area (Å²) < 4.78 is 37.9. The molecule has 0 saturated carbocycles. The third kappa shape index (κ3) is 2.45. The zero-order valence-electron chi connectivity index (χ0n) is 9.19. The fraction of sp³-hybridized carbons (Fsp3) is 0.167. The smallest absolute Gasteiger partial charge is 0.200 e. The van der Waals surface area contributed by atoms with Gasteiger partial charge in [-0.25, -0.2) is 8.78 Å². The van der Waals surface area contributed by atoms with Gasteiger partial charge in [0.25, 0.3) is 0 Å². The minimum atomic E-state index is -0.650. The van der Waals surface area contributed by atoms with Crippen LogP contribution in [0.1, 0.15) is 0 Å². The van der Waals surface area contributed by atoms with Gasteiger partial charge >= 0.3 is 0 Å². The van der Waals surface area contributed by atoms with Crippen molar-refractivity contribution in [2.75, 3.05) is 13.9 Å². The van der Waals surface area contributed by atoms with E-state index < -0.39 is 11.6 Å². The van der Waals surface area contributed by atoms with Crippen molar-refractivity contribution in [2.24, 2.45) is 0 Å². The maximum absolute atomic E-state index is 13.6. The molecule has 0 saturated heterocycles. The van der Waals surface area contributed by atoms with Crippen molar-refractivity contribution in [3.05, 3.63) is 48.2 Å². The van der Waals surface area contributed by atoms with Gasteiger partial charge in [0.1, 0.15) is 11.6 Å². The van der Waals surface area contributed by atoms with E-state index in [9.17, 15) is 8.78 Å². The lowest BCUT2D eigenvalue weighted by atomic mass is 10.3. The summed E-state index contributed by atoms with van der Waals surface area (Å²) in [6, 6.07) is 6.74. The highest BCUT2D eigenvalue weighted by atomic mass is 19.1. The molecular formula is C12H11F2NO2. The average Bonchev–Trinajstić information content (AvgIpc) is 2.74. The van der Waals surface area contributed by atoms with Crippen LogP contribution in [0, 0.1) is 11.6 Å². The van der Waals surface area contributed by atoms with Crippen LogP contribution in [0.15, 0.2) is 36.5 Å². The molecule has 0 spiro atoms. The second-order valence-electron chi connectivity index (χ2n) is 3.36. The fourth-order valence-electron chi connectivity index (χ4n) is 1.48. The average molecular weight is 239 g/mol. The minimum absolute atomic E-state index is 0.0623. The summed E-state index contributed by atoms with van der Waals surface area (Å²) in [4.78, 5) is 0. The standard InChI is InChI=1S/C12H11F2NO2/c1-16-8-17-12-3-2-6-15(12)11-5-4-9(13)7-10(11)14/h2-7H,8H2,1H3. The Labute approximate surface area is 97.2 Å². The first-order valence-electron chi connectivity index (χ1n) is 4.97. The van der Waals surface area contributed by atoms with Gasteiger partial charge in [-0.05, 0) is 18.2 Å². The van der Waals surface area contributed by atoms with Gasteiger partial charge in [0.05, 0.1) is 5.69 Å². The maximum atomic E-state index is 13.6. The Kier molecular flexibility index (Phi) is 3.39. The van der Waals surface area contributed by atoms with Crippen LogP contribution in [0.5, 0.6) is 5.88 Å². The molecule has 0 bridgehead atoms. The summed E-state index contributed by atoms with van der Waals surface area (Å²) in [5, 5.41) is 0. The van der Waals surface area contributed by atoms with Crippen molar-refractivity contribution >= 4 is 0 Å². The Morgan fingerprint density at radius 1 is 1.24 bits per heavy atom. The van der Waals surface area contributed by atoms with Crippen molar-refractivity contribution in [1.29, 1.82) is 0 Å². The highest BCUT2D eigenvalue weighted by Crippen LogP contribution is 2.22. The third-order valence-electron chi connectivity index (χ3n) is 2.21. The van der Waals surface area contributed by atoms with Crippen molar-refractivity contribution < 1.29 is 18.3 Å². The highest BCUT2D eigenvalue weighted by Gasteiger charge is 2.09. The summed E-state index contributed by atoms with van der Waals surface area (Å²) in [7, 11) is 1.49. The molecular weight excluding hydrogens is 228 g/mol. The summed E-state index contributed by atoms with van der Waals surface area (Å²) in [5.41, 5.74) is 0.225. The van der Waals surface area contributed by atoms with E-state index in [2.05, 4.69) is 0 Å². The Bertz CT molecular complexity index is 511. The van der Waals surface area contributed by atoms with E-state index in [-0.39, 0.29) is 12.5 Å². The third-order valence-corrected chi connectivity index (χ3v) is 2.21. The van der Waals surface area contributed by atoms with Crippen LogP contribution in [0.25, 0.3) is 5.69 Å². The SMILES string of the molecule is COCOc1cccn1-c1ccc(F)cc1F. The second kappa shape index (κ2) is 4.97. The summed E-state index contributed by atoms with van der Waals surface area (Å²) in [5.74, 6) is -0.835. The van der Waals surface area contributed by atoms with Gasteiger partial charge in [-0.15, -0.1) is 0 Å². The fourth-order valence-corrected chi connectivity index (χ4v) is 1.48. The molecule has 1 heterocycles. The van der Waals surface area contributed by atoms with Crippen LogP contribution < -0.4 is 4.74 Å². The van der Waals surface area contributed by atoms with E-state index in [1.54, 1.807) is 18.3 Å². The minimum Gasteiger partial charge on any atom is -0.452 e. The Morgan fingerprint density at radius 3 is 2.76 bits per heavy atom. The van der Waals surface area contributed by atoms with Gasteiger partial charge in [0, 0.05) is 25.4 Å². The molecule has 17 heavy (non-hydrogen) atoms. The largest absolute Gasteiger partial charge is 0.452 e. The van der Waals surface area contributed by atoms with Crippen molar-refractivity contribution in [1.82, 2.24) is 4.57 Å². The molecule has 0 aliphatic carbocycles. The van der Waals surface area contributed by atoms with E-state index in [0.717, 1.165) is 6.07 Å². The predicted octanol–water partition coefficient (Wildman–Crippen LogP) is 2.74. The predicted molar refractivity (Wildman–Crippen MR) is 58.2 cm³/mol. The number of halogens is 2. The van der Waals surface area contributed by atoms with E-state index in [0.29, 0.717) is 5.88 Å². The zero-order valence-corrected chi connectivity index (χ0v) is 9.19. The van der Waals surface area contributed by atoms with Crippen molar-refractivity contribution in [3.8, 4) is 11.6 Å². The van der Waals surface area contributed by atoms with Gasteiger partial charge < -0.3 is 9.47 Å². The Morgan fingerprint density at radius 2 is 2.06 bits per heavy atom. The first-order chi connectivity index (χ1) is 8.22. The van der Waals surface area contributed by atoms with Crippen molar-refractivity contribution in [2.45, 2.75) is 0 Å². The van der Waals surface area contributed by atoms with E-state index in [4.69, 9.17) is 9.47 Å². The van der Waals surface area contributed by atoms with Crippen LogP contribution in [0.2, 0.25) is 0 Å². The summed E-state index contributed by atoms with van der Waals surface area (Å²) in [6.45, 7) is 0.0623. The lowest BCUT2D eigenvalue weighted by molar-refractivity contribution is 0.0466. The molecule has 1 aromatic heterocycles. The molecule has 0 unspecified atom stereocenters. The molecule has 0 fully saturated rings. The van der Waals surface area contributed by atoms with Gasteiger partial charge in [-0.2, -0.15) is 0 Å². The van der Waals surface area contributed by atoms with E-state index in [1.165, 1.54) is 23.8 Å². The topological polar surface area (TPSA) is 23.4 Å². The number of hydrogen-bond acceptors (Lipinski definition) is 2. The molecule has 0 aliphatic heterocycles. The number of nitrogens with zero attached hydrogens (tertiary/aromatic N) is 1. The van der Waals surface area contributed by atoms with Gasteiger partial charge in [-0.3, -0.25) is 4.57 Å². The van der Waals surface area contributed by atoms with Crippen molar-refractivity contribution in [3.63, 3.8) is 0 Å². The first kappa shape index (κ1) is 11.6. The van der Waals surface area contributed by atoms with E-state index in [1.807, 2.05) is 0 Å². The van der Waals surface area contributed by atoms with Crippen LogP contribution >= 0.6 is 0 Å². The normalized spacial score (nSPS) is 10.5. The molecule has 0 N–H and O–H groups in total. The molecule has 5 heteroatoms. The van der Waals surface area contributed by atoms with Crippen LogP contribution in [-0.2, 0) is 4.74 Å².